The summed E-state index contributed by atoms with van der Waals surface area (Å²) < 4.78 is 18.9. The van der Waals surface area contributed by atoms with Gasteiger partial charge in [-0.25, -0.2) is 4.39 Å². The number of Topliss-reactive ketones (excluding diaryl/α,β-unsaturated/α-hetero) is 1. The highest BCUT2D eigenvalue weighted by molar-refractivity contribution is 6.46. The molecule has 0 aromatic heterocycles. The lowest BCUT2D eigenvalue weighted by Gasteiger charge is -2.27. The zero-order valence-electron chi connectivity index (χ0n) is 15.5. The summed E-state index contributed by atoms with van der Waals surface area (Å²) in [5.74, 6) is -2.26. The van der Waals surface area contributed by atoms with E-state index in [4.69, 9.17) is 16.3 Å². The van der Waals surface area contributed by atoms with E-state index in [0.717, 1.165) is 12.8 Å². The molecule has 150 valence electrons. The van der Waals surface area contributed by atoms with E-state index < -0.39 is 23.5 Å². The van der Waals surface area contributed by atoms with Crippen LogP contribution in [0.3, 0.4) is 0 Å². The van der Waals surface area contributed by atoms with Crippen LogP contribution in [0.1, 0.15) is 30.0 Å². The van der Waals surface area contributed by atoms with E-state index in [1.54, 1.807) is 24.3 Å². The van der Waals surface area contributed by atoms with E-state index in [9.17, 15) is 19.1 Å². The predicted octanol–water partition coefficient (Wildman–Crippen LogP) is 4.08. The highest BCUT2D eigenvalue weighted by Crippen LogP contribution is 2.40. The number of hydrogen-bond donors (Lipinski definition) is 1. The number of carbonyl (C=O) groups is 2. The Morgan fingerprint density at radius 2 is 1.83 bits per heavy atom. The molecule has 29 heavy (non-hydrogen) atoms. The lowest BCUT2D eigenvalue weighted by Crippen LogP contribution is -2.36. The molecule has 2 aliphatic heterocycles. The first-order chi connectivity index (χ1) is 14.0. The summed E-state index contributed by atoms with van der Waals surface area (Å²) >= 11 is 5.99. The van der Waals surface area contributed by atoms with Crippen molar-refractivity contribution in [3.05, 3.63) is 76.1 Å². The fraction of sp³-hybridized carbons (Fsp3) is 0.273. The summed E-state index contributed by atoms with van der Waals surface area (Å²) in [6.07, 6.45) is 1.54. The molecule has 2 fully saturated rings. The smallest absolute Gasteiger partial charge is 0.295 e. The average Bonchev–Trinajstić information content (AvgIpc) is 3.31. The van der Waals surface area contributed by atoms with Crippen LogP contribution in [0.25, 0.3) is 5.76 Å². The number of amides is 1. The van der Waals surface area contributed by atoms with E-state index in [2.05, 4.69) is 0 Å². The number of nitrogens with zero attached hydrogens (tertiary/aromatic N) is 1. The molecule has 0 saturated carbocycles. The Kier molecular flexibility index (Phi) is 5.39. The number of benzene rings is 2. The minimum Gasteiger partial charge on any atom is -0.507 e. The summed E-state index contributed by atoms with van der Waals surface area (Å²) in [7, 11) is 0. The first-order valence-electron chi connectivity index (χ1n) is 9.37. The van der Waals surface area contributed by atoms with Gasteiger partial charge in [-0.2, -0.15) is 0 Å². The Bertz CT molecular complexity index is 965. The van der Waals surface area contributed by atoms with Gasteiger partial charge in [0.15, 0.2) is 0 Å². The summed E-state index contributed by atoms with van der Waals surface area (Å²) in [6.45, 7) is 0.869. The number of likely N-dealkylation sites (tertiary alicyclic amines) is 1. The summed E-state index contributed by atoms with van der Waals surface area (Å²) in [4.78, 5) is 27.1. The third-order valence-electron chi connectivity index (χ3n) is 5.27. The van der Waals surface area contributed by atoms with Gasteiger partial charge in [0, 0.05) is 23.7 Å². The Morgan fingerprint density at radius 3 is 2.45 bits per heavy atom. The van der Waals surface area contributed by atoms with E-state index in [1.807, 2.05) is 0 Å². The van der Waals surface area contributed by atoms with Gasteiger partial charge < -0.3 is 14.7 Å². The number of ketones is 1. The highest BCUT2D eigenvalue weighted by atomic mass is 35.5. The minimum atomic E-state index is -0.776. The normalized spacial score (nSPS) is 23.7. The lowest BCUT2D eigenvalue weighted by atomic mass is 9.95. The second-order valence-electron chi connectivity index (χ2n) is 7.14. The van der Waals surface area contributed by atoms with Crippen LogP contribution < -0.4 is 0 Å². The number of rotatable bonds is 4. The second-order valence-corrected chi connectivity index (χ2v) is 7.58. The van der Waals surface area contributed by atoms with Gasteiger partial charge in [0.1, 0.15) is 11.6 Å². The zero-order chi connectivity index (χ0) is 20.5. The molecule has 2 aliphatic rings. The standard InChI is InChI=1S/C22H19ClFNO4/c23-15-7-3-13(4-8-15)19-18(20(26)14-5-9-16(24)10-6-14)21(27)22(28)25(19)12-17-2-1-11-29-17/h3-10,17,19,26H,1-2,11-12H2/t17-,19-/m0/s1. The molecular weight excluding hydrogens is 397 g/mol. The first-order valence-corrected chi connectivity index (χ1v) is 9.75. The van der Waals surface area contributed by atoms with Crippen LogP contribution in [-0.2, 0) is 14.3 Å². The molecule has 1 amide bonds. The van der Waals surface area contributed by atoms with Crippen molar-refractivity contribution in [2.24, 2.45) is 0 Å². The van der Waals surface area contributed by atoms with E-state index in [0.29, 0.717) is 17.2 Å². The number of ether oxygens (including phenoxy) is 1. The Morgan fingerprint density at radius 1 is 1.14 bits per heavy atom. The maximum absolute atomic E-state index is 13.3. The second kappa shape index (κ2) is 7.97. The van der Waals surface area contributed by atoms with E-state index in [-0.39, 0.29) is 29.5 Å². The van der Waals surface area contributed by atoms with Gasteiger partial charge in [-0.1, -0.05) is 23.7 Å². The van der Waals surface area contributed by atoms with Gasteiger partial charge in [-0.3, -0.25) is 9.59 Å². The predicted molar refractivity (Wildman–Crippen MR) is 106 cm³/mol. The fourth-order valence-corrected chi connectivity index (χ4v) is 3.96. The Labute approximate surface area is 172 Å². The van der Waals surface area contributed by atoms with Crippen molar-refractivity contribution in [3.8, 4) is 0 Å². The van der Waals surface area contributed by atoms with Gasteiger partial charge in [-0.15, -0.1) is 0 Å². The maximum Gasteiger partial charge on any atom is 0.295 e. The monoisotopic (exact) mass is 415 g/mol. The van der Waals surface area contributed by atoms with Crippen molar-refractivity contribution in [2.45, 2.75) is 25.0 Å². The van der Waals surface area contributed by atoms with Crippen LogP contribution in [0.15, 0.2) is 54.1 Å². The molecule has 0 aliphatic carbocycles. The van der Waals surface area contributed by atoms with Gasteiger partial charge in [-0.05, 0) is 54.8 Å². The molecule has 4 rings (SSSR count). The van der Waals surface area contributed by atoms with Crippen LogP contribution in [-0.4, -0.2) is 41.0 Å². The molecular formula is C22H19ClFNO4. The quantitative estimate of drug-likeness (QED) is 0.464. The topological polar surface area (TPSA) is 66.8 Å². The molecule has 2 atom stereocenters. The number of aliphatic hydroxyl groups excluding tert-OH is 1. The minimum absolute atomic E-state index is 0.0260. The maximum atomic E-state index is 13.3. The third kappa shape index (κ3) is 3.78. The number of carbonyl (C=O) groups excluding carboxylic acids is 2. The number of aliphatic hydroxyl groups is 1. The van der Waals surface area contributed by atoms with Gasteiger partial charge in [0.25, 0.3) is 11.7 Å². The number of hydrogen-bond acceptors (Lipinski definition) is 4. The Hall–Kier alpha value is -2.70. The highest BCUT2D eigenvalue weighted by Gasteiger charge is 2.47. The van der Waals surface area contributed by atoms with Crippen molar-refractivity contribution in [3.63, 3.8) is 0 Å². The largest absolute Gasteiger partial charge is 0.507 e. The SMILES string of the molecule is O=C1C(=O)N(C[C@@H]2CCCO2)[C@@H](c2ccc(Cl)cc2)C1=C(O)c1ccc(F)cc1. The van der Waals surface area contributed by atoms with Crippen molar-refractivity contribution in [2.75, 3.05) is 13.2 Å². The molecule has 5 nitrogen and oxygen atoms in total. The zero-order valence-corrected chi connectivity index (χ0v) is 16.2. The number of halogens is 2. The molecule has 2 aromatic carbocycles. The van der Waals surface area contributed by atoms with Crippen LogP contribution in [0, 0.1) is 5.82 Å². The third-order valence-corrected chi connectivity index (χ3v) is 5.52. The van der Waals surface area contributed by atoms with Crippen molar-refractivity contribution < 1.29 is 23.8 Å². The molecule has 0 radical (unpaired) electrons. The van der Waals surface area contributed by atoms with Gasteiger partial charge >= 0.3 is 0 Å². The Balaban J connectivity index is 1.81. The molecule has 2 saturated heterocycles. The van der Waals surface area contributed by atoms with Gasteiger partial charge in [0.2, 0.25) is 0 Å². The van der Waals surface area contributed by atoms with Crippen molar-refractivity contribution >= 4 is 29.1 Å². The summed E-state index contributed by atoms with van der Waals surface area (Å²) in [6, 6.07) is 11.1. The van der Waals surface area contributed by atoms with E-state index >= 15 is 0 Å². The van der Waals surface area contributed by atoms with E-state index in [1.165, 1.54) is 29.2 Å². The summed E-state index contributed by atoms with van der Waals surface area (Å²) in [5, 5.41) is 11.4. The molecule has 0 bridgehead atoms. The average molecular weight is 416 g/mol. The van der Waals surface area contributed by atoms with Crippen LogP contribution in [0.5, 0.6) is 0 Å². The molecule has 7 heteroatoms. The molecule has 1 N–H and O–H groups in total. The van der Waals surface area contributed by atoms with Gasteiger partial charge in [0.05, 0.1) is 17.7 Å². The molecule has 2 heterocycles. The molecule has 0 spiro atoms. The fourth-order valence-electron chi connectivity index (χ4n) is 3.83. The lowest BCUT2D eigenvalue weighted by molar-refractivity contribution is -0.140. The van der Waals surface area contributed by atoms with Crippen molar-refractivity contribution in [1.29, 1.82) is 0 Å². The summed E-state index contributed by atoms with van der Waals surface area (Å²) in [5.41, 5.74) is 0.887. The van der Waals surface area contributed by atoms with Crippen LogP contribution in [0.2, 0.25) is 5.02 Å². The molecule has 0 unspecified atom stereocenters. The van der Waals surface area contributed by atoms with Crippen molar-refractivity contribution in [1.82, 2.24) is 4.90 Å². The molecule has 2 aromatic rings. The van der Waals surface area contributed by atoms with Crippen LogP contribution in [0.4, 0.5) is 4.39 Å². The van der Waals surface area contributed by atoms with Crippen LogP contribution >= 0.6 is 11.6 Å². The first kappa shape index (κ1) is 19.6.